The van der Waals surface area contributed by atoms with Crippen LogP contribution in [0, 0.1) is 0 Å². The standard InChI is InChI=1S/C10H7Br2N3O/c11-6-4-7(13-5-6)10(16)15-9-3-1-2-8(12)14-9/h1-5,13H,(H,14,15,16). The van der Waals surface area contributed by atoms with E-state index in [1.54, 1.807) is 30.5 Å². The van der Waals surface area contributed by atoms with E-state index >= 15 is 0 Å². The Labute approximate surface area is 109 Å². The van der Waals surface area contributed by atoms with Gasteiger partial charge in [0.1, 0.15) is 16.1 Å². The second-order valence-electron chi connectivity index (χ2n) is 3.03. The zero-order chi connectivity index (χ0) is 11.5. The summed E-state index contributed by atoms with van der Waals surface area (Å²) in [6.07, 6.45) is 1.70. The molecule has 2 aromatic heterocycles. The molecule has 2 N–H and O–H groups in total. The third-order valence-electron chi connectivity index (χ3n) is 1.85. The van der Waals surface area contributed by atoms with Crippen LogP contribution in [0.25, 0.3) is 0 Å². The lowest BCUT2D eigenvalue weighted by Crippen LogP contribution is -2.13. The van der Waals surface area contributed by atoms with Crippen LogP contribution in [0.1, 0.15) is 10.5 Å². The van der Waals surface area contributed by atoms with Crippen molar-refractivity contribution in [3.05, 3.63) is 45.2 Å². The predicted molar refractivity (Wildman–Crippen MR) is 68.4 cm³/mol. The van der Waals surface area contributed by atoms with E-state index in [0.29, 0.717) is 16.1 Å². The molecule has 82 valence electrons. The quantitative estimate of drug-likeness (QED) is 0.822. The van der Waals surface area contributed by atoms with E-state index in [1.807, 2.05) is 0 Å². The van der Waals surface area contributed by atoms with Crippen LogP contribution in [0.2, 0.25) is 0 Å². The first-order chi connectivity index (χ1) is 7.65. The first kappa shape index (κ1) is 11.3. The topological polar surface area (TPSA) is 57.8 Å². The molecule has 0 saturated heterocycles. The molecule has 0 atom stereocenters. The molecule has 1 amide bonds. The van der Waals surface area contributed by atoms with Gasteiger partial charge in [0.2, 0.25) is 0 Å². The van der Waals surface area contributed by atoms with Gasteiger partial charge in [-0.05, 0) is 50.1 Å². The van der Waals surface area contributed by atoms with Gasteiger partial charge in [-0.1, -0.05) is 6.07 Å². The summed E-state index contributed by atoms with van der Waals surface area (Å²) in [5, 5.41) is 2.68. The second kappa shape index (κ2) is 4.80. The number of aromatic amines is 1. The minimum atomic E-state index is -0.226. The van der Waals surface area contributed by atoms with E-state index in [1.165, 1.54) is 0 Å². The molecule has 16 heavy (non-hydrogen) atoms. The molecule has 2 aromatic rings. The highest BCUT2D eigenvalue weighted by Crippen LogP contribution is 2.13. The molecule has 2 heterocycles. The van der Waals surface area contributed by atoms with Crippen LogP contribution in [-0.4, -0.2) is 15.9 Å². The third-order valence-corrected chi connectivity index (χ3v) is 2.75. The number of halogens is 2. The number of carbonyl (C=O) groups is 1. The Kier molecular flexibility index (Phi) is 3.40. The molecule has 0 aromatic carbocycles. The molecule has 0 radical (unpaired) electrons. The van der Waals surface area contributed by atoms with E-state index in [0.717, 1.165) is 4.47 Å². The third kappa shape index (κ3) is 2.70. The van der Waals surface area contributed by atoms with Crippen LogP contribution < -0.4 is 5.32 Å². The van der Waals surface area contributed by atoms with Crippen LogP contribution in [0.5, 0.6) is 0 Å². The molecule has 0 aliphatic rings. The highest BCUT2D eigenvalue weighted by molar-refractivity contribution is 9.10. The van der Waals surface area contributed by atoms with E-state index in [4.69, 9.17) is 0 Å². The number of anilines is 1. The lowest BCUT2D eigenvalue weighted by atomic mass is 10.4. The fourth-order valence-corrected chi connectivity index (χ4v) is 1.85. The molecule has 0 unspecified atom stereocenters. The average Bonchev–Trinajstić information content (AvgIpc) is 2.65. The van der Waals surface area contributed by atoms with Gasteiger partial charge < -0.3 is 10.3 Å². The average molecular weight is 345 g/mol. The number of pyridine rings is 1. The van der Waals surface area contributed by atoms with Gasteiger partial charge in [-0.25, -0.2) is 4.98 Å². The summed E-state index contributed by atoms with van der Waals surface area (Å²) < 4.78 is 1.51. The van der Waals surface area contributed by atoms with Gasteiger partial charge in [0.15, 0.2) is 0 Å². The molecular formula is C10H7Br2N3O. The second-order valence-corrected chi connectivity index (χ2v) is 4.76. The zero-order valence-corrected chi connectivity index (χ0v) is 11.2. The van der Waals surface area contributed by atoms with Crippen molar-refractivity contribution in [1.29, 1.82) is 0 Å². The maximum absolute atomic E-state index is 11.7. The molecule has 2 rings (SSSR count). The Hall–Kier alpha value is -1.14. The van der Waals surface area contributed by atoms with Crippen molar-refractivity contribution in [3.8, 4) is 0 Å². The van der Waals surface area contributed by atoms with Gasteiger partial charge >= 0.3 is 0 Å². The molecule has 0 bridgehead atoms. The Morgan fingerprint density at radius 3 is 2.81 bits per heavy atom. The van der Waals surface area contributed by atoms with Crippen LogP contribution >= 0.6 is 31.9 Å². The highest BCUT2D eigenvalue weighted by atomic mass is 79.9. The minimum absolute atomic E-state index is 0.226. The van der Waals surface area contributed by atoms with Crippen LogP contribution in [-0.2, 0) is 0 Å². The monoisotopic (exact) mass is 343 g/mol. The predicted octanol–water partition coefficient (Wildman–Crippen LogP) is 3.19. The lowest BCUT2D eigenvalue weighted by Gasteiger charge is -2.02. The van der Waals surface area contributed by atoms with Crippen LogP contribution in [0.4, 0.5) is 5.82 Å². The van der Waals surface area contributed by atoms with E-state index in [9.17, 15) is 4.79 Å². The number of hydrogen-bond acceptors (Lipinski definition) is 2. The Balaban J connectivity index is 2.13. The van der Waals surface area contributed by atoms with Gasteiger partial charge in [0.25, 0.3) is 5.91 Å². The number of aromatic nitrogens is 2. The van der Waals surface area contributed by atoms with Crippen molar-refractivity contribution in [3.63, 3.8) is 0 Å². The minimum Gasteiger partial charge on any atom is -0.356 e. The number of carbonyl (C=O) groups excluding carboxylic acids is 1. The van der Waals surface area contributed by atoms with E-state index in [2.05, 4.69) is 47.1 Å². The SMILES string of the molecule is O=C(Nc1cccc(Br)n1)c1cc(Br)c[nH]1. The first-order valence-electron chi connectivity index (χ1n) is 4.43. The molecule has 0 fully saturated rings. The Morgan fingerprint density at radius 2 is 2.19 bits per heavy atom. The van der Waals surface area contributed by atoms with Crippen molar-refractivity contribution in [2.75, 3.05) is 5.32 Å². The normalized spacial score (nSPS) is 10.1. The summed E-state index contributed by atoms with van der Waals surface area (Å²) in [7, 11) is 0. The number of rotatable bonds is 2. The molecule has 6 heteroatoms. The van der Waals surface area contributed by atoms with Gasteiger partial charge in [-0.3, -0.25) is 4.79 Å². The number of hydrogen-bond donors (Lipinski definition) is 2. The van der Waals surface area contributed by atoms with E-state index in [-0.39, 0.29) is 5.91 Å². The summed E-state index contributed by atoms with van der Waals surface area (Å²) in [6, 6.07) is 7.02. The lowest BCUT2D eigenvalue weighted by molar-refractivity contribution is 0.102. The Bertz CT molecular complexity index is 524. The zero-order valence-electron chi connectivity index (χ0n) is 8.00. The summed E-state index contributed by atoms with van der Waals surface area (Å²) in [5.74, 6) is 0.279. The summed E-state index contributed by atoms with van der Waals surface area (Å²) in [4.78, 5) is 18.7. The fraction of sp³-hybridized carbons (Fsp3) is 0. The van der Waals surface area contributed by atoms with Crippen molar-refractivity contribution in [1.82, 2.24) is 9.97 Å². The van der Waals surface area contributed by atoms with Crippen molar-refractivity contribution >= 4 is 43.6 Å². The molecular weight excluding hydrogens is 338 g/mol. The van der Waals surface area contributed by atoms with Gasteiger partial charge in [0.05, 0.1) is 0 Å². The summed E-state index contributed by atoms with van der Waals surface area (Å²) in [6.45, 7) is 0. The van der Waals surface area contributed by atoms with Crippen molar-refractivity contribution in [2.24, 2.45) is 0 Å². The van der Waals surface area contributed by atoms with Gasteiger partial charge in [-0.15, -0.1) is 0 Å². The molecule has 0 aliphatic heterocycles. The number of H-pyrrole nitrogens is 1. The maximum atomic E-state index is 11.7. The molecule has 4 nitrogen and oxygen atoms in total. The highest BCUT2D eigenvalue weighted by Gasteiger charge is 2.08. The summed E-state index contributed by atoms with van der Waals surface area (Å²) in [5.41, 5.74) is 0.480. The van der Waals surface area contributed by atoms with E-state index < -0.39 is 0 Å². The van der Waals surface area contributed by atoms with Crippen LogP contribution in [0.15, 0.2) is 39.5 Å². The Morgan fingerprint density at radius 1 is 1.38 bits per heavy atom. The largest absolute Gasteiger partial charge is 0.356 e. The first-order valence-corrected chi connectivity index (χ1v) is 6.01. The van der Waals surface area contributed by atoms with Crippen molar-refractivity contribution < 1.29 is 4.79 Å². The summed E-state index contributed by atoms with van der Waals surface area (Å²) >= 11 is 6.50. The maximum Gasteiger partial charge on any atom is 0.273 e. The van der Waals surface area contributed by atoms with Gasteiger partial charge in [-0.2, -0.15) is 0 Å². The molecule has 0 aliphatic carbocycles. The molecule has 0 saturated carbocycles. The number of nitrogens with one attached hydrogen (secondary N) is 2. The van der Waals surface area contributed by atoms with Crippen molar-refractivity contribution in [2.45, 2.75) is 0 Å². The smallest absolute Gasteiger partial charge is 0.273 e. The number of nitrogens with zero attached hydrogens (tertiary/aromatic N) is 1. The van der Waals surface area contributed by atoms with Crippen LogP contribution in [0.3, 0.4) is 0 Å². The molecule has 0 spiro atoms. The number of amides is 1. The fourth-order valence-electron chi connectivity index (χ4n) is 1.16. The van der Waals surface area contributed by atoms with Gasteiger partial charge in [0, 0.05) is 10.7 Å².